The third kappa shape index (κ3) is 6.60. The first-order valence-electron chi connectivity index (χ1n) is 8.72. The molecule has 2 aromatic carbocycles. The van der Waals surface area contributed by atoms with Crippen molar-refractivity contribution < 1.29 is 17.9 Å². The molecule has 7 heteroatoms. The summed E-state index contributed by atoms with van der Waals surface area (Å²) in [5.74, 6) is 0.175. The molecular weight excluding hydrogens is 364 g/mol. The van der Waals surface area contributed by atoms with E-state index in [1.165, 1.54) is 0 Å². The van der Waals surface area contributed by atoms with Crippen LogP contribution in [0.5, 0.6) is 5.75 Å². The van der Waals surface area contributed by atoms with Crippen molar-refractivity contribution in [1.82, 2.24) is 0 Å². The van der Waals surface area contributed by atoms with Gasteiger partial charge in [-0.1, -0.05) is 30.7 Å². The lowest BCUT2D eigenvalue weighted by molar-refractivity contribution is -0.115. The fraction of sp³-hybridized carbons (Fsp3) is 0.350. The van der Waals surface area contributed by atoms with Crippen LogP contribution in [0.4, 0.5) is 11.4 Å². The van der Waals surface area contributed by atoms with Gasteiger partial charge in [0, 0.05) is 24.4 Å². The van der Waals surface area contributed by atoms with Crippen LogP contribution in [0, 0.1) is 13.8 Å². The van der Waals surface area contributed by atoms with E-state index in [1.54, 1.807) is 25.1 Å². The van der Waals surface area contributed by atoms with Gasteiger partial charge >= 0.3 is 0 Å². The van der Waals surface area contributed by atoms with Crippen LogP contribution < -0.4 is 15.4 Å². The van der Waals surface area contributed by atoms with Crippen molar-refractivity contribution in [3.63, 3.8) is 0 Å². The van der Waals surface area contributed by atoms with E-state index in [-0.39, 0.29) is 11.8 Å². The maximum Gasteiger partial charge on any atom is 0.224 e. The van der Waals surface area contributed by atoms with Gasteiger partial charge in [0.05, 0.1) is 5.69 Å². The Balaban J connectivity index is 2.26. The number of carbonyl (C=O) groups excluding carboxylic acids is 1. The molecule has 0 aromatic heterocycles. The molecule has 146 valence electrons. The van der Waals surface area contributed by atoms with Crippen LogP contribution in [-0.2, 0) is 21.2 Å². The fourth-order valence-electron chi connectivity index (χ4n) is 2.44. The molecular formula is C20H26N2O4S. The van der Waals surface area contributed by atoms with E-state index in [9.17, 15) is 13.2 Å². The number of benzene rings is 2. The largest absolute Gasteiger partial charge is 0.487 e. The first kappa shape index (κ1) is 20.8. The molecule has 0 atom stereocenters. The maximum absolute atomic E-state index is 11.6. The van der Waals surface area contributed by atoms with Crippen LogP contribution in [0.2, 0.25) is 0 Å². The molecule has 6 nitrogen and oxygen atoms in total. The highest BCUT2D eigenvalue weighted by molar-refractivity contribution is 7.90. The van der Waals surface area contributed by atoms with Gasteiger partial charge in [0.2, 0.25) is 5.91 Å². The van der Waals surface area contributed by atoms with Gasteiger partial charge < -0.3 is 15.4 Å². The number of carbonyl (C=O) groups is 1. The second-order valence-electron chi connectivity index (χ2n) is 6.58. The summed E-state index contributed by atoms with van der Waals surface area (Å²) in [5.41, 5.74) is 4.45. The molecule has 0 heterocycles. The molecule has 0 saturated carbocycles. The van der Waals surface area contributed by atoms with Gasteiger partial charge in [-0.25, -0.2) is 8.42 Å². The van der Waals surface area contributed by atoms with E-state index in [0.29, 0.717) is 30.2 Å². The van der Waals surface area contributed by atoms with E-state index in [4.69, 9.17) is 4.74 Å². The molecule has 0 aliphatic heterocycles. The zero-order chi connectivity index (χ0) is 20.0. The first-order valence-corrected chi connectivity index (χ1v) is 10.8. The summed E-state index contributed by atoms with van der Waals surface area (Å²) in [6, 6.07) is 11.2. The molecule has 2 aromatic rings. The zero-order valence-corrected chi connectivity index (χ0v) is 16.9. The van der Waals surface area contributed by atoms with Gasteiger partial charge in [-0.3, -0.25) is 4.79 Å². The molecule has 1 amide bonds. The van der Waals surface area contributed by atoms with Gasteiger partial charge in [-0.2, -0.15) is 0 Å². The molecule has 2 N–H and O–H groups in total. The highest BCUT2D eigenvalue weighted by Gasteiger charge is 2.11. The second kappa shape index (κ2) is 8.90. The number of sulfone groups is 1. The molecule has 0 unspecified atom stereocenters. The number of nitrogens with one attached hydrogen (secondary N) is 2. The molecule has 0 bridgehead atoms. The van der Waals surface area contributed by atoms with E-state index >= 15 is 0 Å². The van der Waals surface area contributed by atoms with Gasteiger partial charge in [0.15, 0.2) is 9.84 Å². The third-order valence-electron chi connectivity index (χ3n) is 4.00. The SMILES string of the molecule is CCC(=O)Nc1ccc(NCS(C)(=O)=O)c(OCc2cc(C)ccc2C)c1. The van der Waals surface area contributed by atoms with Crippen LogP contribution in [-0.4, -0.2) is 26.5 Å². The Hall–Kier alpha value is -2.54. The molecule has 27 heavy (non-hydrogen) atoms. The normalized spacial score (nSPS) is 11.1. The number of ether oxygens (including phenoxy) is 1. The van der Waals surface area contributed by atoms with Gasteiger partial charge in [-0.05, 0) is 37.1 Å². The first-order chi connectivity index (χ1) is 12.7. The molecule has 0 spiro atoms. The van der Waals surface area contributed by atoms with Gasteiger partial charge in [0.1, 0.15) is 18.2 Å². The number of hydrogen-bond donors (Lipinski definition) is 2. The summed E-state index contributed by atoms with van der Waals surface area (Å²) in [4.78, 5) is 11.6. The third-order valence-corrected chi connectivity index (χ3v) is 4.67. The molecule has 2 rings (SSSR count). The van der Waals surface area contributed by atoms with E-state index in [1.807, 2.05) is 26.0 Å². The summed E-state index contributed by atoms with van der Waals surface area (Å²) < 4.78 is 28.9. The van der Waals surface area contributed by atoms with Crippen molar-refractivity contribution in [2.24, 2.45) is 0 Å². The minimum absolute atomic E-state index is 0.104. The minimum Gasteiger partial charge on any atom is -0.487 e. The number of anilines is 2. The van der Waals surface area contributed by atoms with Crippen molar-refractivity contribution in [3.8, 4) is 5.75 Å². The van der Waals surface area contributed by atoms with Crippen LogP contribution in [0.25, 0.3) is 0 Å². The topological polar surface area (TPSA) is 84.5 Å². The Morgan fingerprint density at radius 3 is 2.52 bits per heavy atom. The Morgan fingerprint density at radius 1 is 1.11 bits per heavy atom. The predicted octanol–water partition coefficient (Wildman–Crippen LogP) is 3.64. The molecule has 0 fully saturated rings. The Kier molecular flexibility index (Phi) is 6.85. The number of rotatable bonds is 8. The Morgan fingerprint density at radius 2 is 1.85 bits per heavy atom. The van der Waals surface area contributed by atoms with Crippen molar-refractivity contribution in [2.75, 3.05) is 22.8 Å². The lowest BCUT2D eigenvalue weighted by Crippen LogP contribution is -2.14. The van der Waals surface area contributed by atoms with Crippen molar-refractivity contribution in [2.45, 2.75) is 33.8 Å². The number of amides is 1. The second-order valence-corrected chi connectivity index (χ2v) is 8.72. The van der Waals surface area contributed by atoms with Crippen LogP contribution >= 0.6 is 0 Å². The Labute approximate surface area is 160 Å². The predicted molar refractivity (Wildman–Crippen MR) is 109 cm³/mol. The average Bonchev–Trinajstić information content (AvgIpc) is 2.60. The van der Waals surface area contributed by atoms with E-state index in [2.05, 4.69) is 16.7 Å². The van der Waals surface area contributed by atoms with Gasteiger partial charge in [-0.15, -0.1) is 0 Å². The summed E-state index contributed by atoms with van der Waals surface area (Å²) in [6.07, 6.45) is 1.53. The standard InChI is InChI=1S/C20H26N2O4S/c1-5-20(23)22-17-8-9-18(21-13-27(4,24)25)19(11-17)26-12-16-10-14(2)6-7-15(16)3/h6-11,21H,5,12-13H2,1-4H3,(H,22,23). The maximum atomic E-state index is 11.6. The Bertz CT molecular complexity index is 924. The highest BCUT2D eigenvalue weighted by atomic mass is 32.2. The lowest BCUT2D eigenvalue weighted by atomic mass is 10.1. The molecule has 0 saturated heterocycles. The van der Waals surface area contributed by atoms with Crippen molar-refractivity contribution >= 4 is 27.1 Å². The smallest absolute Gasteiger partial charge is 0.224 e. The quantitative estimate of drug-likeness (QED) is 0.719. The van der Waals surface area contributed by atoms with E-state index in [0.717, 1.165) is 22.9 Å². The monoisotopic (exact) mass is 390 g/mol. The van der Waals surface area contributed by atoms with Gasteiger partial charge in [0.25, 0.3) is 0 Å². The average molecular weight is 391 g/mol. The molecule has 0 aliphatic carbocycles. The summed E-state index contributed by atoms with van der Waals surface area (Å²) in [7, 11) is -3.19. The minimum atomic E-state index is -3.19. The van der Waals surface area contributed by atoms with Crippen LogP contribution in [0.1, 0.15) is 30.0 Å². The number of hydrogen-bond acceptors (Lipinski definition) is 5. The van der Waals surface area contributed by atoms with Crippen LogP contribution in [0.3, 0.4) is 0 Å². The van der Waals surface area contributed by atoms with E-state index < -0.39 is 9.84 Å². The molecule has 0 aliphatic rings. The summed E-state index contributed by atoms with van der Waals surface area (Å²) in [6.45, 7) is 6.14. The zero-order valence-electron chi connectivity index (χ0n) is 16.1. The molecule has 0 radical (unpaired) electrons. The summed E-state index contributed by atoms with van der Waals surface area (Å²) in [5, 5.41) is 5.67. The number of aryl methyl sites for hydroxylation is 2. The fourth-order valence-corrected chi connectivity index (χ4v) is 2.85. The van der Waals surface area contributed by atoms with Crippen molar-refractivity contribution in [1.29, 1.82) is 0 Å². The lowest BCUT2D eigenvalue weighted by Gasteiger charge is -2.16. The highest BCUT2D eigenvalue weighted by Crippen LogP contribution is 2.29. The van der Waals surface area contributed by atoms with Crippen molar-refractivity contribution in [3.05, 3.63) is 53.1 Å². The summed E-state index contributed by atoms with van der Waals surface area (Å²) >= 11 is 0. The van der Waals surface area contributed by atoms with Crippen LogP contribution in [0.15, 0.2) is 36.4 Å².